The summed E-state index contributed by atoms with van der Waals surface area (Å²) in [4.78, 5) is 38.7. The molecule has 0 radical (unpaired) electrons. The molecule has 1 unspecified atom stereocenters. The number of hydrogen-bond acceptors (Lipinski definition) is 10. The molecule has 4 heterocycles. The molecule has 1 N–H and O–H groups in total. The van der Waals surface area contributed by atoms with Crippen LogP contribution in [0.1, 0.15) is 60.5 Å². The van der Waals surface area contributed by atoms with Gasteiger partial charge in [0.2, 0.25) is 0 Å². The van der Waals surface area contributed by atoms with Gasteiger partial charge in [0, 0.05) is 41.7 Å². The fraction of sp³-hybridized carbons (Fsp3) is 0.444. The zero-order valence-electron chi connectivity index (χ0n) is 21.5. The van der Waals surface area contributed by atoms with Crippen LogP contribution in [0.2, 0.25) is 0 Å². The number of carboxylic acid groups (broad SMARTS) is 2. The Balaban J connectivity index is 0.000000386. The summed E-state index contributed by atoms with van der Waals surface area (Å²) in [5, 5.41) is 34.1. The van der Waals surface area contributed by atoms with Crippen LogP contribution in [0.25, 0.3) is 11.0 Å². The van der Waals surface area contributed by atoms with E-state index in [4.69, 9.17) is 4.52 Å². The van der Waals surface area contributed by atoms with Crippen molar-refractivity contribution in [3.05, 3.63) is 69.3 Å². The number of aliphatic hydroxyl groups is 1. The molecule has 5 rings (SSSR count). The van der Waals surface area contributed by atoms with E-state index in [1.54, 1.807) is 10.6 Å². The van der Waals surface area contributed by atoms with E-state index in [2.05, 4.69) is 15.0 Å². The zero-order valence-corrected chi connectivity index (χ0v) is 21.5. The van der Waals surface area contributed by atoms with Gasteiger partial charge in [0.15, 0.2) is 5.58 Å². The summed E-state index contributed by atoms with van der Waals surface area (Å²) in [7, 11) is 0. The minimum atomic E-state index is -1.55. The van der Waals surface area contributed by atoms with Gasteiger partial charge in [-0.25, -0.2) is 9.37 Å². The average molecular weight is 541 g/mol. The molecule has 1 atom stereocenters. The Bertz CT molecular complexity index is 1420. The third kappa shape index (κ3) is 6.76. The Kier molecular flexibility index (Phi) is 8.87. The normalized spacial score (nSPS) is 18.1. The topological polar surface area (TPSA) is 165 Å². The maximum atomic E-state index is 13.4. The van der Waals surface area contributed by atoms with Gasteiger partial charge in [0.05, 0.1) is 17.6 Å². The predicted molar refractivity (Wildman–Crippen MR) is 133 cm³/mol. The van der Waals surface area contributed by atoms with E-state index in [1.165, 1.54) is 12.1 Å². The van der Waals surface area contributed by atoms with Crippen LogP contribution in [0, 0.1) is 12.7 Å². The number of hydrogen-bond donors (Lipinski definition) is 1. The van der Waals surface area contributed by atoms with Crippen LogP contribution in [0.3, 0.4) is 0 Å². The number of carbonyl (C=O) groups excluding carboxylic acids is 2. The number of halogens is 1. The zero-order chi connectivity index (χ0) is 28.1. The maximum Gasteiger partial charge on any atom is 0.257 e. The number of carboxylic acids is 2. The second-order valence-corrected chi connectivity index (χ2v) is 9.69. The molecule has 1 aromatic carbocycles. The van der Waals surface area contributed by atoms with Crippen LogP contribution >= 0.6 is 0 Å². The standard InChI is InChI=1S/C23H27FN4O3.C4H4O4/c1-14-17(23(30)28-9-2-3-19(29)22(28)25-14)8-12-27-10-6-15(7-11-27)21-18-5-4-16(24)13-20(18)31-26-21;5-3(6)1-2-4(7)8/h4-5,13,15,19,29H,2-3,6-12H2,1H3;1-2H,(H,5,6)(H,7,8)/p-2/b;2-1+. The highest BCUT2D eigenvalue weighted by atomic mass is 19.1. The molecular weight excluding hydrogens is 511 g/mol. The molecule has 2 aromatic heterocycles. The molecule has 39 heavy (non-hydrogen) atoms. The van der Waals surface area contributed by atoms with Gasteiger partial charge < -0.3 is 34.3 Å². The van der Waals surface area contributed by atoms with Gasteiger partial charge >= 0.3 is 0 Å². The first kappa shape index (κ1) is 28.1. The molecule has 208 valence electrons. The van der Waals surface area contributed by atoms with Crippen LogP contribution in [-0.2, 0) is 22.6 Å². The van der Waals surface area contributed by atoms with Crippen molar-refractivity contribution in [1.29, 1.82) is 0 Å². The van der Waals surface area contributed by atoms with Crippen molar-refractivity contribution in [1.82, 2.24) is 19.6 Å². The first-order valence-corrected chi connectivity index (χ1v) is 12.8. The van der Waals surface area contributed by atoms with Crippen molar-refractivity contribution < 1.29 is 33.8 Å². The van der Waals surface area contributed by atoms with Crippen LogP contribution < -0.4 is 15.8 Å². The van der Waals surface area contributed by atoms with Crippen molar-refractivity contribution in [2.45, 2.75) is 57.6 Å². The Morgan fingerprint density at radius 3 is 2.51 bits per heavy atom. The number of aryl methyl sites for hydroxylation is 1. The smallest absolute Gasteiger partial charge is 0.257 e. The van der Waals surface area contributed by atoms with E-state index >= 15 is 0 Å². The van der Waals surface area contributed by atoms with Crippen molar-refractivity contribution in [3.8, 4) is 0 Å². The van der Waals surface area contributed by atoms with Gasteiger partial charge in [-0.3, -0.25) is 9.36 Å². The number of aliphatic hydroxyl groups excluding tert-OH is 1. The summed E-state index contributed by atoms with van der Waals surface area (Å²) in [6.07, 6.45) is 4.15. The van der Waals surface area contributed by atoms with Gasteiger partial charge in [0.25, 0.3) is 5.56 Å². The van der Waals surface area contributed by atoms with Gasteiger partial charge in [0.1, 0.15) is 17.7 Å². The van der Waals surface area contributed by atoms with E-state index in [0.717, 1.165) is 61.2 Å². The van der Waals surface area contributed by atoms with Crippen LogP contribution in [0.15, 0.2) is 39.7 Å². The predicted octanol–water partition coefficient (Wildman–Crippen LogP) is 0.124. The van der Waals surface area contributed by atoms with Gasteiger partial charge in [-0.05, 0) is 76.4 Å². The monoisotopic (exact) mass is 540 g/mol. The molecule has 2 aliphatic heterocycles. The Labute approximate surface area is 223 Å². The first-order valence-electron chi connectivity index (χ1n) is 12.8. The average Bonchev–Trinajstić information content (AvgIpc) is 3.32. The number of benzene rings is 1. The number of piperidine rings is 1. The van der Waals surface area contributed by atoms with Crippen LogP contribution in [0.5, 0.6) is 0 Å². The Hall–Kier alpha value is -3.90. The SMILES string of the molecule is Cc1nc2n(c(=O)c1CCN1CCC(c3noc4cc(F)ccc34)CC1)CCCC2O.O=C([O-])/C=C/C(=O)[O-]. The number of nitrogens with zero attached hydrogens (tertiary/aromatic N) is 4. The molecule has 1 saturated heterocycles. The number of likely N-dealkylation sites (tertiary alicyclic amines) is 1. The van der Waals surface area contributed by atoms with E-state index in [1.807, 2.05) is 6.92 Å². The van der Waals surface area contributed by atoms with E-state index in [9.17, 15) is 34.1 Å². The third-order valence-corrected chi connectivity index (χ3v) is 7.13. The molecule has 0 spiro atoms. The lowest BCUT2D eigenvalue weighted by molar-refractivity contribution is -0.301. The molecule has 0 aliphatic carbocycles. The van der Waals surface area contributed by atoms with Crippen molar-refractivity contribution >= 4 is 22.9 Å². The Morgan fingerprint density at radius 1 is 1.15 bits per heavy atom. The lowest BCUT2D eigenvalue weighted by atomic mass is 9.91. The number of rotatable bonds is 6. The molecule has 1 fully saturated rings. The van der Waals surface area contributed by atoms with Gasteiger partial charge in [-0.1, -0.05) is 5.16 Å². The minimum absolute atomic E-state index is 0.00237. The van der Waals surface area contributed by atoms with E-state index in [-0.39, 0.29) is 11.4 Å². The first-order chi connectivity index (χ1) is 18.6. The van der Waals surface area contributed by atoms with E-state index in [0.29, 0.717) is 48.9 Å². The summed E-state index contributed by atoms with van der Waals surface area (Å²) in [5.74, 6) is -2.61. The lowest BCUT2D eigenvalue weighted by Crippen LogP contribution is -2.37. The fourth-order valence-electron chi connectivity index (χ4n) is 5.11. The second kappa shape index (κ2) is 12.3. The number of carbonyl (C=O) groups is 2. The second-order valence-electron chi connectivity index (χ2n) is 9.69. The molecule has 3 aromatic rings. The highest BCUT2D eigenvalue weighted by Gasteiger charge is 2.27. The molecule has 12 heteroatoms. The summed E-state index contributed by atoms with van der Waals surface area (Å²) in [6.45, 7) is 5.13. The third-order valence-electron chi connectivity index (χ3n) is 7.13. The lowest BCUT2D eigenvalue weighted by Gasteiger charge is -2.31. The fourth-order valence-corrected chi connectivity index (χ4v) is 5.11. The largest absolute Gasteiger partial charge is 0.545 e. The molecule has 11 nitrogen and oxygen atoms in total. The maximum absolute atomic E-state index is 13.4. The Morgan fingerprint density at radius 2 is 1.85 bits per heavy atom. The van der Waals surface area contributed by atoms with Crippen LogP contribution in [0.4, 0.5) is 4.39 Å². The minimum Gasteiger partial charge on any atom is -0.545 e. The quantitative estimate of drug-likeness (QED) is 0.425. The molecule has 0 amide bonds. The van der Waals surface area contributed by atoms with Crippen molar-refractivity contribution in [2.24, 2.45) is 0 Å². The highest BCUT2D eigenvalue weighted by molar-refractivity contribution is 5.87. The van der Waals surface area contributed by atoms with E-state index < -0.39 is 18.0 Å². The number of fused-ring (bicyclic) bond motifs is 2. The van der Waals surface area contributed by atoms with Gasteiger partial charge in [-0.15, -0.1) is 0 Å². The number of aliphatic carboxylic acids is 2. The van der Waals surface area contributed by atoms with Crippen molar-refractivity contribution in [2.75, 3.05) is 19.6 Å². The van der Waals surface area contributed by atoms with Gasteiger partial charge in [-0.2, -0.15) is 0 Å². The van der Waals surface area contributed by atoms with Crippen molar-refractivity contribution in [3.63, 3.8) is 0 Å². The molecule has 2 aliphatic rings. The highest BCUT2D eigenvalue weighted by Crippen LogP contribution is 2.33. The summed E-state index contributed by atoms with van der Waals surface area (Å²) in [6, 6.07) is 4.58. The number of aromatic nitrogens is 3. The molecular formula is C27H29FN4O7-2. The molecule has 0 bridgehead atoms. The van der Waals surface area contributed by atoms with Crippen LogP contribution in [-0.4, -0.2) is 56.3 Å². The molecule has 0 saturated carbocycles. The summed E-state index contributed by atoms with van der Waals surface area (Å²) in [5.41, 5.74) is 2.90. The summed E-state index contributed by atoms with van der Waals surface area (Å²) >= 11 is 0. The summed E-state index contributed by atoms with van der Waals surface area (Å²) < 4.78 is 20.4.